The summed E-state index contributed by atoms with van der Waals surface area (Å²) in [5.41, 5.74) is 15.1. The van der Waals surface area contributed by atoms with Crippen LogP contribution in [0, 0.1) is 0 Å². The van der Waals surface area contributed by atoms with Crippen molar-refractivity contribution in [3.8, 4) is 34.3 Å². The Bertz CT molecular complexity index is 2480. The number of nitrogens with two attached hydrogens (primary N) is 2. The Morgan fingerprint density at radius 3 is 1.71 bits per heavy atom. The molecule has 6 aromatic rings. The minimum absolute atomic E-state index is 0.00250. The highest BCUT2D eigenvalue weighted by atomic mass is 16.5. The quantitative estimate of drug-likeness (QED) is 0.193. The molecular weight excluding hydrogens is 672 g/mol. The Morgan fingerprint density at radius 2 is 1.19 bits per heavy atom. The van der Waals surface area contributed by atoms with E-state index in [0.717, 1.165) is 5.56 Å². The molecule has 0 unspecified atom stereocenters. The van der Waals surface area contributed by atoms with Crippen LogP contribution in [0.1, 0.15) is 52.6 Å². The van der Waals surface area contributed by atoms with Gasteiger partial charge in [-0.05, 0) is 60.0 Å². The third-order valence-corrected chi connectivity index (χ3v) is 9.15. The van der Waals surface area contributed by atoms with E-state index in [2.05, 4.69) is 0 Å². The lowest BCUT2D eigenvalue weighted by Crippen LogP contribution is -2.14. The summed E-state index contributed by atoms with van der Waals surface area (Å²) in [7, 11) is 2.77. The van der Waals surface area contributed by atoms with Gasteiger partial charge < -0.3 is 45.0 Å². The summed E-state index contributed by atoms with van der Waals surface area (Å²) in [5.74, 6) is -3.05. The first-order valence-electron chi connectivity index (χ1n) is 16.1. The van der Waals surface area contributed by atoms with E-state index in [4.69, 9.17) is 35.6 Å². The maximum atomic E-state index is 12.7. The zero-order valence-electron chi connectivity index (χ0n) is 28.0. The summed E-state index contributed by atoms with van der Waals surface area (Å²) >= 11 is 0. The molecular formula is C37H32N6O9. The summed E-state index contributed by atoms with van der Waals surface area (Å²) in [6.45, 7) is 0.646. The molecule has 264 valence electrons. The number of ether oxygens (including phenoxy) is 3. The highest BCUT2D eigenvalue weighted by Crippen LogP contribution is 2.38. The number of methoxy groups -OCH3 is 2. The molecule has 2 aromatic heterocycles. The number of amides is 2. The molecule has 8 rings (SSSR count). The molecule has 15 heteroatoms. The van der Waals surface area contributed by atoms with E-state index in [0.29, 0.717) is 34.1 Å². The van der Waals surface area contributed by atoms with Crippen LogP contribution in [-0.2, 0) is 30.9 Å². The van der Waals surface area contributed by atoms with E-state index in [-0.39, 0.29) is 82.7 Å². The zero-order valence-corrected chi connectivity index (χ0v) is 28.0. The smallest absolute Gasteiger partial charge is 0.336 e. The number of carboxylic acid groups (broad SMARTS) is 2. The van der Waals surface area contributed by atoms with Gasteiger partial charge in [0.25, 0.3) is 11.8 Å². The fraction of sp³-hybridized carbons (Fsp3) is 0.189. The predicted molar refractivity (Wildman–Crippen MR) is 188 cm³/mol. The molecule has 0 fully saturated rings. The number of aryl methyl sites for hydroxylation is 2. The standard InChI is InChI=1S/C37H32N6O9/c1-50-30-22(32(38)44)7-9-26-28(30)40-34-20-5-3-18(15-25(20)37(48)49)11-14-52-17-19-4-6-21(36(46)47)24(16-19)35-41-29-27(43(35)13-12-42(26)34)10-8-23(33(39)45)31(29)51-2/h3-10,15-16H,11-14,17H2,1-2H3,(H2,38,44)(H2,39,45)(H,46,47)(H,48,49). The fourth-order valence-electron chi connectivity index (χ4n) is 6.75. The molecule has 2 aliphatic heterocycles. The van der Waals surface area contributed by atoms with Gasteiger partial charge in [0.2, 0.25) is 0 Å². The Morgan fingerprint density at radius 1 is 0.673 bits per heavy atom. The van der Waals surface area contributed by atoms with E-state index < -0.39 is 23.8 Å². The van der Waals surface area contributed by atoms with Crippen molar-refractivity contribution >= 4 is 45.8 Å². The number of imidazole rings is 2. The summed E-state index contributed by atoms with van der Waals surface area (Å²) in [5, 5.41) is 20.7. The maximum absolute atomic E-state index is 12.7. The first-order valence-corrected chi connectivity index (χ1v) is 16.1. The van der Waals surface area contributed by atoms with E-state index in [1.807, 2.05) is 6.07 Å². The second kappa shape index (κ2) is 13.2. The van der Waals surface area contributed by atoms with Gasteiger partial charge in [-0.2, -0.15) is 0 Å². The van der Waals surface area contributed by atoms with Crippen molar-refractivity contribution in [2.45, 2.75) is 26.1 Å². The highest BCUT2D eigenvalue weighted by Gasteiger charge is 2.27. The van der Waals surface area contributed by atoms with Gasteiger partial charge in [-0.3, -0.25) is 9.59 Å². The van der Waals surface area contributed by atoms with Gasteiger partial charge >= 0.3 is 11.9 Å². The molecule has 0 radical (unpaired) electrons. The number of carbonyl (C=O) groups is 4. The summed E-state index contributed by atoms with van der Waals surface area (Å²) in [6, 6.07) is 16.3. The lowest BCUT2D eigenvalue weighted by Gasteiger charge is -2.16. The van der Waals surface area contributed by atoms with Crippen molar-refractivity contribution in [1.82, 2.24) is 19.1 Å². The number of carboxylic acids is 2. The summed E-state index contributed by atoms with van der Waals surface area (Å²) in [6.07, 6.45) is 0.393. The van der Waals surface area contributed by atoms with Gasteiger partial charge in [-0.15, -0.1) is 0 Å². The van der Waals surface area contributed by atoms with E-state index in [9.17, 15) is 29.4 Å². The van der Waals surface area contributed by atoms with Crippen molar-refractivity contribution < 1.29 is 43.6 Å². The molecule has 52 heavy (non-hydrogen) atoms. The first-order chi connectivity index (χ1) is 25.0. The summed E-state index contributed by atoms with van der Waals surface area (Å²) < 4.78 is 20.8. The van der Waals surface area contributed by atoms with Gasteiger partial charge in [-0.1, -0.05) is 18.2 Å². The number of benzene rings is 4. The average molecular weight is 705 g/mol. The third-order valence-electron chi connectivity index (χ3n) is 9.15. The SMILES string of the molecule is COc1c(C(N)=O)ccc2c1nc1n2CCn2c(nc3c(OC)c(C(N)=O)ccc32)-c2cc(ccc2C(=O)O)COCCc2ccc-1c(C(=O)O)c2. The molecule has 0 saturated carbocycles. The number of aromatic nitrogens is 4. The Hall–Kier alpha value is -6.74. The van der Waals surface area contributed by atoms with Crippen LogP contribution in [0.5, 0.6) is 11.5 Å². The van der Waals surface area contributed by atoms with Crippen LogP contribution >= 0.6 is 0 Å². The number of aromatic carboxylic acids is 2. The highest BCUT2D eigenvalue weighted by molar-refractivity contribution is 6.04. The molecule has 4 bridgehead atoms. The van der Waals surface area contributed by atoms with Gasteiger partial charge in [0.05, 0.1) is 60.7 Å². The average Bonchev–Trinajstić information content (AvgIpc) is 3.69. The van der Waals surface area contributed by atoms with Crippen molar-refractivity contribution in [3.63, 3.8) is 0 Å². The Balaban J connectivity index is 1.54. The normalized spacial score (nSPS) is 13.0. The van der Waals surface area contributed by atoms with Crippen LogP contribution in [0.3, 0.4) is 0 Å². The molecule has 2 amide bonds. The molecule has 0 saturated heterocycles. The number of nitrogens with zero attached hydrogens (tertiary/aromatic N) is 4. The van der Waals surface area contributed by atoms with E-state index in [1.165, 1.54) is 32.4 Å². The lowest BCUT2D eigenvalue weighted by atomic mass is 10.0. The minimum Gasteiger partial charge on any atom is -0.494 e. The van der Waals surface area contributed by atoms with Gasteiger partial charge in [0, 0.05) is 24.2 Å². The Kier molecular flexibility index (Phi) is 8.56. The van der Waals surface area contributed by atoms with Crippen LogP contribution in [0.15, 0.2) is 60.7 Å². The number of fused-ring (bicyclic) bond motifs is 8. The van der Waals surface area contributed by atoms with Crippen LogP contribution in [0.2, 0.25) is 0 Å². The number of hydrogen-bond acceptors (Lipinski definition) is 9. The van der Waals surface area contributed by atoms with Gasteiger partial charge in [0.1, 0.15) is 22.7 Å². The van der Waals surface area contributed by atoms with E-state index in [1.54, 1.807) is 45.5 Å². The summed E-state index contributed by atoms with van der Waals surface area (Å²) in [4.78, 5) is 59.8. The largest absolute Gasteiger partial charge is 0.494 e. The van der Waals surface area contributed by atoms with Gasteiger partial charge in [0.15, 0.2) is 11.5 Å². The predicted octanol–water partition coefficient (Wildman–Crippen LogP) is 4.10. The van der Waals surface area contributed by atoms with Crippen LogP contribution in [-0.4, -0.2) is 73.9 Å². The van der Waals surface area contributed by atoms with Crippen molar-refractivity contribution in [1.29, 1.82) is 0 Å². The minimum atomic E-state index is -1.18. The number of hydrogen-bond donors (Lipinski definition) is 4. The molecule has 0 spiro atoms. The fourth-order valence-corrected chi connectivity index (χ4v) is 6.75. The molecule has 6 N–H and O–H groups in total. The molecule has 4 heterocycles. The van der Waals surface area contributed by atoms with Gasteiger partial charge in [-0.25, -0.2) is 19.6 Å². The van der Waals surface area contributed by atoms with E-state index >= 15 is 0 Å². The van der Waals surface area contributed by atoms with Crippen LogP contribution in [0.4, 0.5) is 0 Å². The number of rotatable bonds is 6. The monoisotopic (exact) mass is 704 g/mol. The van der Waals surface area contributed by atoms with Crippen LogP contribution < -0.4 is 20.9 Å². The lowest BCUT2D eigenvalue weighted by molar-refractivity contribution is 0.0686. The molecule has 4 aromatic carbocycles. The van der Waals surface area contributed by atoms with Crippen LogP contribution in [0.25, 0.3) is 44.8 Å². The second-order valence-corrected chi connectivity index (χ2v) is 12.1. The number of carbonyl (C=O) groups excluding carboxylic acids is 2. The van der Waals surface area contributed by atoms with Crippen molar-refractivity contribution in [2.24, 2.45) is 11.5 Å². The number of primary amides is 2. The molecule has 2 aliphatic rings. The zero-order chi connectivity index (χ0) is 36.8. The second-order valence-electron chi connectivity index (χ2n) is 12.1. The maximum Gasteiger partial charge on any atom is 0.336 e. The topological polar surface area (TPSA) is 224 Å². The molecule has 15 nitrogen and oxygen atoms in total. The van der Waals surface area contributed by atoms with Crippen molar-refractivity contribution in [2.75, 3.05) is 20.8 Å². The Labute approximate surface area is 295 Å². The molecule has 0 atom stereocenters. The third kappa shape index (κ3) is 5.62. The molecule has 0 aliphatic carbocycles. The first kappa shape index (κ1) is 33.7. The van der Waals surface area contributed by atoms with Crippen molar-refractivity contribution in [3.05, 3.63) is 94.0 Å².